The number of benzene rings is 2. The predicted molar refractivity (Wildman–Crippen MR) is 78.7 cm³/mol. The van der Waals surface area contributed by atoms with Gasteiger partial charge in [0.15, 0.2) is 6.54 Å². The number of rotatable bonds is 4. The summed E-state index contributed by atoms with van der Waals surface area (Å²) in [5, 5.41) is 1.32. The normalized spacial score (nSPS) is 10.8. The summed E-state index contributed by atoms with van der Waals surface area (Å²) in [4.78, 5) is 0. The van der Waals surface area contributed by atoms with Gasteiger partial charge in [-0.3, -0.25) is 0 Å². The molecule has 1 heterocycles. The Labute approximate surface area is 116 Å². The van der Waals surface area contributed by atoms with Crippen molar-refractivity contribution in [3.05, 3.63) is 59.6 Å². The summed E-state index contributed by atoms with van der Waals surface area (Å²) in [5.41, 5.74) is 1.29. The van der Waals surface area contributed by atoms with Crippen LogP contribution in [0, 0.1) is 6.92 Å². The van der Waals surface area contributed by atoms with E-state index in [2.05, 4.69) is 35.8 Å². The highest BCUT2D eigenvalue weighted by Crippen LogP contribution is 2.19. The molecule has 1 aromatic heterocycles. The summed E-state index contributed by atoms with van der Waals surface area (Å²) >= 11 is 1.83. The van der Waals surface area contributed by atoms with Crippen LogP contribution in [0.5, 0.6) is 5.75 Å². The van der Waals surface area contributed by atoms with Crippen LogP contribution < -0.4 is 9.30 Å². The zero-order valence-electron chi connectivity index (χ0n) is 10.9. The van der Waals surface area contributed by atoms with E-state index in [-0.39, 0.29) is 0 Å². The molecule has 0 saturated heterocycles. The van der Waals surface area contributed by atoms with Gasteiger partial charge in [0, 0.05) is 13.0 Å². The minimum Gasteiger partial charge on any atom is -0.487 e. The fourth-order valence-electron chi connectivity index (χ4n) is 2.20. The standard InChI is InChI=1S/C16H16NOS/c1-13-17(15-9-5-6-10-16(15)19-13)11-12-18-14-7-3-2-4-8-14/h2-10H,11-12H2,1H3/q+1. The molecule has 3 heteroatoms. The number of hydrogen-bond acceptors (Lipinski definition) is 2. The molecule has 0 bridgehead atoms. The topological polar surface area (TPSA) is 13.1 Å². The first-order chi connectivity index (χ1) is 9.34. The summed E-state index contributed by atoms with van der Waals surface area (Å²) in [6.45, 7) is 3.73. The first-order valence-electron chi connectivity index (χ1n) is 6.40. The molecule has 0 unspecified atom stereocenters. The van der Waals surface area contributed by atoms with E-state index in [4.69, 9.17) is 4.74 Å². The zero-order chi connectivity index (χ0) is 13.1. The smallest absolute Gasteiger partial charge is 0.235 e. The average Bonchev–Trinajstić information content (AvgIpc) is 2.76. The molecule has 0 spiro atoms. The van der Waals surface area contributed by atoms with Crippen LogP contribution in [0.3, 0.4) is 0 Å². The van der Waals surface area contributed by atoms with Crippen LogP contribution in [0.2, 0.25) is 0 Å². The third-order valence-electron chi connectivity index (χ3n) is 3.12. The van der Waals surface area contributed by atoms with Gasteiger partial charge in [0.25, 0.3) is 0 Å². The Kier molecular flexibility index (Phi) is 3.47. The van der Waals surface area contributed by atoms with E-state index in [9.17, 15) is 0 Å². The van der Waals surface area contributed by atoms with E-state index >= 15 is 0 Å². The molecule has 0 amide bonds. The number of aryl methyl sites for hydroxylation is 1. The highest BCUT2D eigenvalue weighted by atomic mass is 32.1. The largest absolute Gasteiger partial charge is 0.487 e. The number of hydrogen-bond donors (Lipinski definition) is 0. The third-order valence-corrected chi connectivity index (χ3v) is 4.20. The van der Waals surface area contributed by atoms with Gasteiger partial charge in [-0.1, -0.05) is 41.7 Å². The summed E-state index contributed by atoms with van der Waals surface area (Å²) in [7, 11) is 0. The number of para-hydroxylation sites is 2. The monoisotopic (exact) mass is 270 g/mol. The SMILES string of the molecule is Cc1sc2ccccc2[n+]1CCOc1ccccc1. The summed E-state index contributed by atoms with van der Waals surface area (Å²) in [6, 6.07) is 18.5. The molecule has 0 saturated carbocycles. The molecule has 0 aliphatic heterocycles. The second kappa shape index (κ2) is 5.41. The van der Waals surface area contributed by atoms with Crippen LogP contribution in [-0.4, -0.2) is 6.61 Å². The Balaban J connectivity index is 1.73. The number of aromatic nitrogens is 1. The van der Waals surface area contributed by atoms with Gasteiger partial charge in [0.1, 0.15) is 17.1 Å². The van der Waals surface area contributed by atoms with E-state index in [0.29, 0.717) is 6.61 Å². The van der Waals surface area contributed by atoms with Gasteiger partial charge in [0.05, 0.1) is 0 Å². The van der Waals surface area contributed by atoms with Gasteiger partial charge in [-0.05, 0) is 18.2 Å². The van der Waals surface area contributed by atoms with E-state index in [1.165, 1.54) is 15.2 Å². The highest BCUT2D eigenvalue weighted by molar-refractivity contribution is 7.18. The van der Waals surface area contributed by atoms with E-state index < -0.39 is 0 Å². The van der Waals surface area contributed by atoms with Crippen molar-refractivity contribution in [2.45, 2.75) is 13.5 Å². The molecule has 0 N–H and O–H groups in total. The van der Waals surface area contributed by atoms with Gasteiger partial charge >= 0.3 is 0 Å². The summed E-state index contributed by atoms with van der Waals surface area (Å²) < 4.78 is 9.42. The molecule has 3 rings (SSSR count). The van der Waals surface area contributed by atoms with Crippen LogP contribution in [0.25, 0.3) is 10.2 Å². The van der Waals surface area contributed by atoms with Crippen LogP contribution in [0.4, 0.5) is 0 Å². The van der Waals surface area contributed by atoms with Crippen LogP contribution in [0.15, 0.2) is 54.6 Å². The van der Waals surface area contributed by atoms with Crippen LogP contribution >= 0.6 is 11.3 Å². The number of fused-ring (bicyclic) bond motifs is 1. The zero-order valence-corrected chi connectivity index (χ0v) is 11.7. The molecule has 0 aliphatic carbocycles. The molecule has 2 aromatic carbocycles. The lowest BCUT2D eigenvalue weighted by Gasteiger charge is -2.03. The van der Waals surface area contributed by atoms with Gasteiger partial charge in [0.2, 0.25) is 10.5 Å². The summed E-state index contributed by atoms with van der Waals surface area (Å²) in [6.07, 6.45) is 0. The van der Waals surface area contributed by atoms with Crippen molar-refractivity contribution in [1.82, 2.24) is 0 Å². The van der Waals surface area contributed by atoms with Crippen molar-refractivity contribution in [3.8, 4) is 5.75 Å². The highest BCUT2D eigenvalue weighted by Gasteiger charge is 2.15. The van der Waals surface area contributed by atoms with Gasteiger partial charge in [-0.15, -0.1) is 0 Å². The van der Waals surface area contributed by atoms with Crippen molar-refractivity contribution in [3.63, 3.8) is 0 Å². The second-order valence-electron chi connectivity index (χ2n) is 4.40. The van der Waals surface area contributed by atoms with Crippen molar-refractivity contribution in [2.75, 3.05) is 6.61 Å². The Morgan fingerprint density at radius 3 is 2.58 bits per heavy atom. The van der Waals surface area contributed by atoms with Gasteiger partial charge < -0.3 is 4.74 Å². The minimum absolute atomic E-state index is 0.691. The lowest BCUT2D eigenvalue weighted by atomic mass is 10.3. The Hall–Kier alpha value is -1.87. The fraction of sp³-hybridized carbons (Fsp3) is 0.188. The van der Waals surface area contributed by atoms with Gasteiger partial charge in [-0.2, -0.15) is 4.57 Å². The minimum atomic E-state index is 0.691. The van der Waals surface area contributed by atoms with Crippen molar-refractivity contribution >= 4 is 21.6 Å². The number of nitrogens with zero attached hydrogens (tertiary/aromatic N) is 1. The molecule has 19 heavy (non-hydrogen) atoms. The lowest BCUT2D eigenvalue weighted by molar-refractivity contribution is -0.673. The van der Waals surface area contributed by atoms with E-state index in [1.54, 1.807) is 0 Å². The molecule has 0 fully saturated rings. The van der Waals surface area contributed by atoms with Crippen molar-refractivity contribution < 1.29 is 9.30 Å². The van der Waals surface area contributed by atoms with Gasteiger partial charge in [-0.25, -0.2) is 0 Å². The average molecular weight is 270 g/mol. The predicted octanol–water partition coefficient (Wildman–Crippen LogP) is 3.58. The number of thiazole rings is 1. The molecule has 0 radical (unpaired) electrons. The molecule has 2 nitrogen and oxygen atoms in total. The fourth-order valence-corrected chi connectivity index (χ4v) is 3.25. The Morgan fingerprint density at radius 2 is 1.74 bits per heavy atom. The van der Waals surface area contributed by atoms with Crippen molar-refractivity contribution in [1.29, 1.82) is 0 Å². The lowest BCUT2D eigenvalue weighted by Crippen LogP contribution is -2.37. The maximum absolute atomic E-state index is 5.77. The molecule has 96 valence electrons. The Morgan fingerprint density at radius 1 is 1.00 bits per heavy atom. The Bertz CT molecular complexity index is 676. The number of ether oxygens (including phenoxy) is 1. The molecule has 0 atom stereocenters. The maximum Gasteiger partial charge on any atom is 0.235 e. The quantitative estimate of drug-likeness (QED) is 0.660. The molecular weight excluding hydrogens is 254 g/mol. The van der Waals surface area contributed by atoms with Crippen LogP contribution in [0.1, 0.15) is 5.01 Å². The first-order valence-corrected chi connectivity index (χ1v) is 7.22. The van der Waals surface area contributed by atoms with Crippen molar-refractivity contribution in [2.24, 2.45) is 0 Å². The second-order valence-corrected chi connectivity index (χ2v) is 5.64. The maximum atomic E-state index is 5.77. The molecular formula is C16H16NOS+. The first kappa shape index (κ1) is 12.2. The molecule has 3 aromatic rings. The third kappa shape index (κ3) is 2.61. The van der Waals surface area contributed by atoms with E-state index in [1.807, 2.05) is 41.7 Å². The van der Waals surface area contributed by atoms with Crippen LogP contribution in [-0.2, 0) is 6.54 Å². The van der Waals surface area contributed by atoms with E-state index in [0.717, 1.165) is 12.3 Å². The summed E-state index contributed by atoms with van der Waals surface area (Å²) in [5.74, 6) is 0.931. The molecule has 0 aliphatic rings.